The summed E-state index contributed by atoms with van der Waals surface area (Å²) in [7, 11) is 0. The van der Waals surface area contributed by atoms with E-state index in [1.807, 2.05) is 20.8 Å². The maximum atomic E-state index is 12.4. The van der Waals surface area contributed by atoms with Gasteiger partial charge in [0, 0.05) is 19.1 Å². The molecule has 0 aliphatic carbocycles. The highest BCUT2D eigenvalue weighted by molar-refractivity contribution is 5.90. The molecule has 0 spiro atoms. The predicted octanol–water partition coefficient (Wildman–Crippen LogP) is 1.14. The molecule has 5 nitrogen and oxygen atoms in total. The minimum Gasteiger partial charge on any atom is -0.354 e. The number of nitrogens with one attached hydrogen (secondary N) is 2. The predicted molar refractivity (Wildman–Crippen MR) is 80.3 cm³/mol. The van der Waals surface area contributed by atoms with Gasteiger partial charge in [-0.15, -0.1) is 0 Å². The van der Waals surface area contributed by atoms with E-state index >= 15 is 0 Å². The van der Waals surface area contributed by atoms with Crippen LogP contribution in [0.1, 0.15) is 47.5 Å². The first-order valence-corrected chi connectivity index (χ1v) is 7.67. The van der Waals surface area contributed by atoms with Gasteiger partial charge in [-0.3, -0.25) is 9.59 Å². The average Bonchev–Trinajstić information content (AvgIpc) is 2.37. The molecule has 1 heterocycles. The Labute approximate surface area is 122 Å². The van der Waals surface area contributed by atoms with Crippen molar-refractivity contribution in [1.29, 1.82) is 0 Å². The molecule has 1 aliphatic heterocycles. The number of carbonyl (C=O) groups is 2. The standard InChI is InChI=1S/C15H29N3O2/c1-10(2)9-16-14(19)12(5)18-8-6-7-13(15(18)20)17-11(3)4/h10-13,17H,6-9H2,1-5H3,(H,16,19). The quantitative estimate of drug-likeness (QED) is 0.768. The van der Waals surface area contributed by atoms with E-state index in [4.69, 9.17) is 0 Å². The highest BCUT2D eigenvalue weighted by Crippen LogP contribution is 2.15. The van der Waals surface area contributed by atoms with Gasteiger partial charge in [0.1, 0.15) is 6.04 Å². The number of hydrogen-bond acceptors (Lipinski definition) is 3. The molecule has 1 rings (SSSR count). The summed E-state index contributed by atoms with van der Waals surface area (Å²) >= 11 is 0. The molecular weight excluding hydrogens is 254 g/mol. The Morgan fingerprint density at radius 1 is 1.30 bits per heavy atom. The van der Waals surface area contributed by atoms with Crippen LogP contribution in [0, 0.1) is 5.92 Å². The van der Waals surface area contributed by atoms with Gasteiger partial charge in [-0.25, -0.2) is 0 Å². The zero-order valence-corrected chi connectivity index (χ0v) is 13.4. The van der Waals surface area contributed by atoms with Crippen molar-refractivity contribution in [3.63, 3.8) is 0 Å². The molecular formula is C15H29N3O2. The summed E-state index contributed by atoms with van der Waals surface area (Å²) in [6, 6.07) is -0.268. The molecule has 0 aromatic heterocycles. The van der Waals surface area contributed by atoms with Crippen LogP contribution < -0.4 is 10.6 Å². The Kier molecular flexibility index (Phi) is 6.46. The molecule has 2 atom stereocenters. The van der Waals surface area contributed by atoms with Gasteiger partial charge in [0.15, 0.2) is 0 Å². The average molecular weight is 283 g/mol. The van der Waals surface area contributed by atoms with Crippen molar-refractivity contribution in [2.45, 2.75) is 65.6 Å². The lowest BCUT2D eigenvalue weighted by atomic mass is 10.0. The van der Waals surface area contributed by atoms with E-state index in [9.17, 15) is 9.59 Å². The Balaban J connectivity index is 2.60. The van der Waals surface area contributed by atoms with Crippen LogP contribution in [0.2, 0.25) is 0 Å². The zero-order chi connectivity index (χ0) is 15.3. The number of amides is 2. The minimum absolute atomic E-state index is 0.0529. The molecule has 1 saturated heterocycles. The van der Waals surface area contributed by atoms with E-state index in [1.54, 1.807) is 4.90 Å². The lowest BCUT2D eigenvalue weighted by Gasteiger charge is -2.36. The van der Waals surface area contributed by atoms with E-state index in [2.05, 4.69) is 24.5 Å². The van der Waals surface area contributed by atoms with Crippen molar-refractivity contribution in [3.05, 3.63) is 0 Å². The maximum absolute atomic E-state index is 12.4. The van der Waals surface area contributed by atoms with Gasteiger partial charge >= 0.3 is 0 Å². The summed E-state index contributed by atoms with van der Waals surface area (Å²) < 4.78 is 0. The van der Waals surface area contributed by atoms with Crippen molar-refractivity contribution in [3.8, 4) is 0 Å². The first-order valence-electron chi connectivity index (χ1n) is 7.67. The second kappa shape index (κ2) is 7.62. The minimum atomic E-state index is -0.391. The maximum Gasteiger partial charge on any atom is 0.242 e. The summed E-state index contributed by atoms with van der Waals surface area (Å²) in [6.07, 6.45) is 1.80. The molecule has 0 aromatic carbocycles. The Hall–Kier alpha value is -1.10. The smallest absolute Gasteiger partial charge is 0.242 e. The van der Waals surface area contributed by atoms with Crippen molar-refractivity contribution >= 4 is 11.8 Å². The normalized spacial score (nSPS) is 21.4. The van der Waals surface area contributed by atoms with Crippen LogP contribution in [0.4, 0.5) is 0 Å². The van der Waals surface area contributed by atoms with Crippen molar-refractivity contribution in [2.24, 2.45) is 5.92 Å². The Morgan fingerprint density at radius 3 is 2.50 bits per heavy atom. The fourth-order valence-corrected chi connectivity index (χ4v) is 2.44. The lowest BCUT2D eigenvalue weighted by Crippen LogP contribution is -2.58. The molecule has 0 bridgehead atoms. The summed E-state index contributed by atoms with van der Waals surface area (Å²) in [6.45, 7) is 11.3. The van der Waals surface area contributed by atoms with E-state index in [0.717, 1.165) is 12.8 Å². The molecule has 20 heavy (non-hydrogen) atoms. The summed E-state index contributed by atoms with van der Waals surface area (Å²) in [5.41, 5.74) is 0. The monoisotopic (exact) mass is 283 g/mol. The van der Waals surface area contributed by atoms with Crippen molar-refractivity contribution in [2.75, 3.05) is 13.1 Å². The molecule has 2 N–H and O–H groups in total. The molecule has 2 unspecified atom stereocenters. The van der Waals surface area contributed by atoms with Gasteiger partial charge in [0.2, 0.25) is 11.8 Å². The third-order valence-corrected chi connectivity index (χ3v) is 3.54. The molecule has 0 radical (unpaired) electrons. The van der Waals surface area contributed by atoms with Crippen LogP contribution in [0.15, 0.2) is 0 Å². The van der Waals surface area contributed by atoms with Gasteiger partial charge < -0.3 is 15.5 Å². The summed E-state index contributed by atoms with van der Waals surface area (Å²) in [5, 5.41) is 6.18. The topological polar surface area (TPSA) is 61.4 Å². The van der Waals surface area contributed by atoms with Crippen LogP contribution in [0.25, 0.3) is 0 Å². The van der Waals surface area contributed by atoms with Crippen LogP contribution in [0.3, 0.4) is 0 Å². The van der Waals surface area contributed by atoms with E-state index in [0.29, 0.717) is 19.0 Å². The SMILES string of the molecule is CC(C)CNC(=O)C(C)N1CCCC(NC(C)C)C1=O. The van der Waals surface area contributed by atoms with Gasteiger partial charge in [0.25, 0.3) is 0 Å². The van der Waals surface area contributed by atoms with Gasteiger partial charge in [0.05, 0.1) is 6.04 Å². The van der Waals surface area contributed by atoms with Crippen LogP contribution >= 0.6 is 0 Å². The Bertz CT molecular complexity index is 342. The number of likely N-dealkylation sites (tertiary alicyclic amines) is 1. The van der Waals surface area contributed by atoms with Gasteiger partial charge in [-0.2, -0.15) is 0 Å². The first-order chi connectivity index (χ1) is 9.32. The van der Waals surface area contributed by atoms with Crippen LogP contribution in [-0.4, -0.2) is 47.9 Å². The molecule has 1 aliphatic rings. The fourth-order valence-electron chi connectivity index (χ4n) is 2.44. The van der Waals surface area contributed by atoms with Crippen molar-refractivity contribution < 1.29 is 9.59 Å². The number of carbonyl (C=O) groups excluding carboxylic acids is 2. The number of rotatable bonds is 6. The van der Waals surface area contributed by atoms with E-state index < -0.39 is 6.04 Å². The molecule has 0 aromatic rings. The largest absolute Gasteiger partial charge is 0.354 e. The third kappa shape index (κ3) is 4.78. The van der Waals surface area contributed by atoms with Gasteiger partial charge in [-0.05, 0) is 25.7 Å². The van der Waals surface area contributed by atoms with Crippen LogP contribution in [-0.2, 0) is 9.59 Å². The Morgan fingerprint density at radius 2 is 1.95 bits per heavy atom. The molecule has 1 fully saturated rings. The first kappa shape index (κ1) is 17.0. The zero-order valence-electron chi connectivity index (χ0n) is 13.4. The number of hydrogen-bond donors (Lipinski definition) is 2. The highest BCUT2D eigenvalue weighted by atomic mass is 16.2. The van der Waals surface area contributed by atoms with E-state index in [-0.39, 0.29) is 23.9 Å². The summed E-state index contributed by atoms with van der Waals surface area (Å²) in [4.78, 5) is 26.2. The highest BCUT2D eigenvalue weighted by Gasteiger charge is 2.34. The molecule has 0 saturated carbocycles. The lowest BCUT2D eigenvalue weighted by molar-refractivity contribution is -0.144. The second-order valence-corrected chi connectivity index (χ2v) is 6.36. The third-order valence-electron chi connectivity index (χ3n) is 3.54. The van der Waals surface area contributed by atoms with Crippen molar-refractivity contribution in [1.82, 2.24) is 15.5 Å². The number of piperidine rings is 1. The molecule has 5 heteroatoms. The number of nitrogens with zero attached hydrogens (tertiary/aromatic N) is 1. The van der Waals surface area contributed by atoms with E-state index in [1.165, 1.54) is 0 Å². The molecule has 116 valence electrons. The fraction of sp³-hybridized carbons (Fsp3) is 0.867. The second-order valence-electron chi connectivity index (χ2n) is 6.36. The van der Waals surface area contributed by atoms with Crippen LogP contribution in [0.5, 0.6) is 0 Å². The summed E-state index contributed by atoms with van der Waals surface area (Å²) in [5.74, 6) is 0.410. The molecule has 2 amide bonds. The van der Waals surface area contributed by atoms with Gasteiger partial charge in [-0.1, -0.05) is 27.7 Å².